The van der Waals surface area contributed by atoms with Crippen molar-refractivity contribution in [3.8, 4) is 0 Å². The molecule has 0 saturated carbocycles. The van der Waals surface area contributed by atoms with Gasteiger partial charge in [0.05, 0.1) is 16.8 Å². The zero-order valence-electron chi connectivity index (χ0n) is 20.9. The van der Waals surface area contributed by atoms with E-state index in [2.05, 4.69) is 11.4 Å². The van der Waals surface area contributed by atoms with E-state index in [1.165, 1.54) is 11.3 Å². The lowest BCUT2D eigenvalue weighted by Crippen LogP contribution is -2.51. The molecule has 5 nitrogen and oxygen atoms in total. The van der Waals surface area contributed by atoms with Gasteiger partial charge in [0.15, 0.2) is 11.6 Å². The van der Waals surface area contributed by atoms with Crippen LogP contribution in [0.15, 0.2) is 96.4 Å². The maximum Gasteiger partial charge on any atom is 0.238 e. The number of nitrogens with zero attached hydrogens (tertiary/aromatic N) is 1. The van der Waals surface area contributed by atoms with Crippen LogP contribution in [0, 0.1) is 5.92 Å². The first-order chi connectivity index (χ1) is 18.9. The van der Waals surface area contributed by atoms with Gasteiger partial charge in [0.1, 0.15) is 11.5 Å². The first kappa shape index (κ1) is 24.1. The minimum atomic E-state index is -1.32. The van der Waals surface area contributed by atoms with Gasteiger partial charge in [0, 0.05) is 27.5 Å². The number of nitrogens with one attached hydrogen (secondary N) is 1. The number of hydrogen-bond acceptors (Lipinski definition) is 5. The number of benzene rings is 3. The molecular weight excluding hydrogens is 528 g/mol. The molecule has 3 aromatic carbocycles. The molecule has 1 N–H and O–H groups in total. The van der Waals surface area contributed by atoms with Crippen molar-refractivity contribution in [3.05, 3.63) is 123 Å². The summed E-state index contributed by atoms with van der Waals surface area (Å²) in [7, 11) is 0. The third-order valence-electron chi connectivity index (χ3n) is 8.33. The number of carbonyl (C=O) groups is 3. The zero-order valence-corrected chi connectivity index (χ0v) is 22.5. The molecule has 4 atom stereocenters. The molecule has 0 unspecified atom stereocenters. The van der Waals surface area contributed by atoms with Gasteiger partial charge in [-0.2, -0.15) is 0 Å². The first-order valence-electron chi connectivity index (χ1n) is 12.8. The van der Waals surface area contributed by atoms with E-state index in [4.69, 9.17) is 11.6 Å². The minimum Gasteiger partial charge on any atom is -0.352 e. The van der Waals surface area contributed by atoms with Crippen molar-refractivity contribution in [2.45, 2.75) is 24.4 Å². The summed E-state index contributed by atoms with van der Waals surface area (Å²) in [4.78, 5) is 46.1. The number of halogens is 1. The van der Waals surface area contributed by atoms with Gasteiger partial charge in [-0.25, -0.2) is 0 Å². The van der Waals surface area contributed by atoms with E-state index in [0.29, 0.717) is 21.2 Å². The average molecular weight is 551 g/mol. The van der Waals surface area contributed by atoms with Crippen molar-refractivity contribution in [3.63, 3.8) is 0 Å². The molecule has 7 rings (SSSR count). The number of rotatable bonds is 4. The minimum absolute atomic E-state index is 0.167. The SMILES string of the molecule is CC1=C[C@H]2N(c3ccccc31)[C@@H](C(=O)c1cccs1)[C@@H](C(=O)c1ccc(Cl)cc1)[C@@]21C(=O)Nc2ccccc21. The van der Waals surface area contributed by atoms with Crippen molar-refractivity contribution in [2.24, 2.45) is 5.92 Å². The molecule has 7 heteroatoms. The Morgan fingerprint density at radius 3 is 2.44 bits per heavy atom. The second-order valence-corrected chi connectivity index (χ2v) is 11.6. The third kappa shape index (κ3) is 3.28. The topological polar surface area (TPSA) is 66.5 Å². The summed E-state index contributed by atoms with van der Waals surface area (Å²) in [6.45, 7) is 2.02. The van der Waals surface area contributed by atoms with Crippen molar-refractivity contribution in [1.29, 1.82) is 0 Å². The van der Waals surface area contributed by atoms with E-state index in [-0.39, 0.29) is 17.5 Å². The molecule has 4 heterocycles. The molecule has 1 aromatic heterocycles. The Labute approximate surface area is 234 Å². The summed E-state index contributed by atoms with van der Waals surface area (Å²) in [5.41, 5.74) is 3.34. The number of ketones is 2. The van der Waals surface area contributed by atoms with E-state index >= 15 is 0 Å². The van der Waals surface area contributed by atoms with Crippen LogP contribution in [0.1, 0.15) is 38.1 Å². The Morgan fingerprint density at radius 1 is 0.923 bits per heavy atom. The summed E-state index contributed by atoms with van der Waals surface area (Å²) in [6.07, 6.45) is 2.06. The molecule has 3 aliphatic rings. The van der Waals surface area contributed by atoms with E-state index < -0.39 is 23.4 Å². The van der Waals surface area contributed by atoms with Gasteiger partial charge in [-0.05, 0) is 65.9 Å². The molecule has 0 aliphatic carbocycles. The van der Waals surface area contributed by atoms with Crippen molar-refractivity contribution in [2.75, 3.05) is 10.2 Å². The van der Waals surface area contributed by atoms with Crippen molar-refractivity contribution in [1.82, 2.24) is 0 Å². The number of Topliss-reactive ketones (excluding diaryl/α,β-unsaturated/α-hetero) is 2. The quantitative estimate of drug-likeness (QED) is 0.289. The van der Waals surface area contributed by atoms with E-state index in [1.807, 2.05) is 71.8 Å². The average Bonchev–Trinajstić information content (AvgIpc) is 3.66. The van der Waals surface area contributed by atoms with Crippen LogP contribution in [0.2, 0.25) is 5.02 Å². The van der Waals surface area contributed by atoms with Crippen LogP contribution >= 0.6 is 22.9 Å². The number of amides is 1. The highest BCUT2D eigenvalue weighted by atomic mass is 35.5. The smallest absolute Gasteiger partial charge is 0.238 e. The van der Waals surface area contributed by atoms with Crippen LogP contribution in [0.25, 0.3) is 5.57 Å². The molecule has 192 valence electrons. The number of thiophene rings is 1. The molecule has 0 bridgehead atoms. The lowest BCUT2D eigenvalue weighted by Gasteiger charge is -2.39. The number of anilines is 2. The van der Waals surface area contributed by atoms with E-state index in [1.54, 1.807) is 30.3 Å². The van der Waals surface area contributed by atoms with Gasteiger partial charge in [-0.3, -0.25) is 14.4 Å². The molecule has 1 amide bonds. The van der Waals surface area contributed by atoms with Crippen LogP contribution in [-0.4, -0.2) is 29.6 Å². The number of hydrogen-bond donors (Lipinski definition) is 1. The summed E-state index contributed by atoms with van der Waals surface area (Å²) in [6, 6.07) is 24.3. The highest BCUT2D eigenvalue weighted by Gasteiger charge is 2.70. The van der Waals surface area contributed by atoms with Gasteiger partial charge >= 0.3 is 0 Å². The van der Waals surface area contributed by atoms with Crippen LogP contribution in [0.4, 0.5) is 11.4 Å². The zero-order chi connectivity index (χ0) is 26.9. The fraction of sp³-hybridized carbons (Fsp3) is 0.156. The Morgan fingerprint density at radius 2 is 1.67 bits per heavy atom. The lowest BCUT2D eigenvalue weighted by atomic mass is 9.64. The lowest BCUT2D eigenvalue weighted by molar-refractivity contribution is -0.121. The fourth-order valence-electron chi connectivity index (χ4n) is 6.75. The molecule has 0 radical (unpaired) electrons. The van der Waals surface area contributed by atoms with Crippen molar-refractivity contribution < 1.29 is 14.4 Å². The fourth-order valence-corrected chi connectivity index (χ4v) is 7.57. The second-order valence-electron chi connectivity index (χ2n) is 10.2. The Kier molecular flexibility index (Phi) is 5.41. The Hall–Kier alpha value is -4.00. The highest BCUT2D eigenvalue weighted by molar-refractivity contribution is 7.12. The largest absolute Gasteiger partial charge is 0.352 e. The van der Waals surface area contributed by atoms with Gasteiger partial charge in [-0.15, -0.1) is 11.3 Å². The standard InChI is InChI=1S/C32H23ClN2O3S/c1-18-17-26-32(22-8-3-4-9-23(22)34-31(32)38)27(29(36)19-12-14-20(33)15-13-19)28(30(37)25-11-6-16-39-25)35(26)24-10-5-2-7-21(18)24/h2-17,26-28H,1H3,(H,34,38)/t26-,27+,28-,32+/m1/s1. The second kappa shape index (κ2) is 8.76. The van der Waals surface area contributed by atoms with E-state index in [9.17, 15) is 14.4 Å². The van der Waals surface area contributed by atoms with Crippen LogP contribution < -0.4 is 10.2 Å². The molecule has 1 fully saturated rings. The molecule has 1 saturated heterocycles. The highest BCUT2D eigenvalue weighted by Crippen LogP contribution is 2.58. The summed E-state index contributed by atoms with van der Waals surface area (Å²) >= 11 is 7.51. The van der Waals surface area contributed by atoms with Crippen molar-refractivity contribution >= 4 is 57.4 Å². The van der Waals surface area contributed by atoms with Crippen LogP contribution in [-0.2, 0) is 10.2 Å². The monoisotopic (exact) mass is 550 g/mol. The molecule has 4 aromatic rings. The van der Waals surface area contributed by atoms with Gasteiger partial charge in [0.25, 0.3) is 0 Å². The van der Waals surface area contributed by atoms with Gasteiger partial charge in [0.2, 0.25) is 5.91 Å². The normalized spacial score (nSPS) is 24.6. The van der Waals surface area contributed by atoms with E-state index in [0.717, 1.165) is 22.4 Å². The predicted molar refractivity (Wildman–Crippen MR) is 155 cm³/mol. The Bertz CT molecular complexity index is 1690. The molecule has 39 heavy (non-hydrogen) atoms. The Balaban J connectivity index is 1.56. The number of para-hydroxylation sites is 2. The third-order valence-corrected chi connectivity index (χ3v) is 9.46. The first-order valence-corrected chi connectivity index (χ1v) is 14.0. The summed E-state index contributed by atoms with van der Waals surface area (Å²) in [5, 5.41) is 5.43. The predicted octanol–water partition coefficient (Wildman–Crippen LogP) is 6.65. The molecule has 1 spiro atoms. The van der Waals surface area contributed by atoms with Crippen LogP contribution in [0.3, 0.4) is 0 Å². The van der Waals surface area contributed by atoms with Crippen LogP contribution in [0.5, 0.6) is 0 Å². The van der Waals surface area contributed by atoms with Gasteiger partial charge in [-0.1, -0.05) is 60.1 Å². The molecule has 3 aliphatic heterocycles. The summed E-state index contributed by atoms with van der Waals surface area (Å²) in [5.74, 6) is -1.68. The maximum atomic E-state index is 14.7. The summed E-state index contributed by atoms with van der Waals surface area (Å²) < 4.78 is 0. The number of allylic oxidation sites excluding steroid dienone is 1. The van der Waals surface area contributed by atoms with Gasteiger partial charge < -0.3 is 10.2 Å². The maximum absolute atomic E-state index is 14.7. The molecular formula is C32H23ClN2O3S. The number of carbonyl (C=O) groups excluding carboxylic acids is 3. The number of fused-ring (bicyclic) bond motifs is 6.